The van der Waals surface area contributed by atoms with E-state index in [-0.39, 0.29) is 0 Å². The molecular formula is C13H17N3. The van der Waals surface area contributed by atoms with E-state index in [2.05, 4.69) is 42.5 Å². The third-order valence-electron chi connectivity index (χ3n) is 2.65. The first-order valence-electron chi connectivity index (χ1n) is 5.50. The average molecular weight is 215 g/mol. The van der Waals surface area contributed by atoms with Crippen LogP contribution >= 0.6 is 0 Å². The lowest BCUT2D eigenvalue weighted by molar-refractivity contribution is 0.739. The normalized spacial score (nSPS) is 10.7. The van der Waals surface area contributed by atoms with Crippen LogP contribution < -0.4 is 5.73 Å². The molecule has 0 radical (unpaired) electrons. The zero-order valence-electron chi connectivity index (χ0n) is 9.77. The van der Waals surface area contributed by atoms with E-state index in [4.69, 9.17) is 5.73 Å². The van der Waals surface area contributed by atoms with Crippen molar-refractivity contribution in [2.45, 2.75) is 13.3 Å². The molecule has 3 heteroatoms. The van der Waals surface area contributed by atoms with Crippen molar-refractivity contribution in [3.8, 4) is 11.1 Å². The highest BCUT2D eigenvalue weighted by Crippen LogP contribution is 2.23. The maximum Gasteiger partial charge on any atom is 0.0715 e. The Labute approximate surface area is 95.9 Å². The maximum absolute atomic E-state index is 5.59. The summed E-state index contributed by atoms with van der Waals surface area (Å²) in [6.07, 6.45) is 2.87. The van der Waals surface area contributed by atoms with E-state index in [0.717, 1.165) is 12.1 Å². The lowest BCUT2D eigenvalue weighted by Gasteiger charge is -2.01. The van der Waals surface area contributed by atoms with Crippen LogP contribution in [-0.2, 0) is 13.5 Å². The predicted molar refractivity (Wildman–Crippen MR) is 66.1 cm³/mol. The van der Waals surface area contributed by atoms with Crippen LogP contribution in [-0.4, -0.2) is 16.3 Å². The van der Waals surface area contributed by atoms with E-state index in [1.165, 1.54) is 16.7 Å². The molecule has 0 atom stereocenters. The Kier molecular flexibility index (Phi) is 3.06. The quantitative estimate of drug-likeness (QED) is 0.849. The lowest BCUT2D eigenvalue weighted by Crippen LogP contribution is -2.04. The van der Waals surface area contributed by atoms with Crippen molar-refractivity contribution in [3.05, 3.63) is 41.7 Å². The summed E-state index contributed by atoms with van der Waals surface area (Å²) in [6.45, 7) is 2.73. The minimum atomic E-state index is 0.635. The van der Waals surface area contributed by atoms with Gasteiger partial charge in [-0.15, -0.1) is 0 Å². The molecule has 2 aromatic rings. The Balaban J connectivity index is 2.42. The van der Waals surface area contributed by atoms with Crippen LogP contribution in [0.25, 0.3) is 11.1 Å². The number of aromatic nitrogens is 2. The van der Waals surface area contributed by atoms with Crippen molar-refractivity contribution in [1.29, 1.82) is 0 Å². The predicted octanol–water partition coefficient (Wildman–Crippen LogP) is 1.90. The molecule has 2 N–H and O–H groups in total. The monoisotopic (exact) mass is 215 g/mol. The second-order valence-corrected chi connectivity index (χ2v) is 4.07. The van der Waals surface area contributed by atoms with Gasteiger partial charge >= 0.3 is 0 Å². The van der Waals surface area contributed by atoms with Gasteiger partial charge in [0.15, 0.2) is 0 Å². The molecule has 0 unspecified atom stereocenters. The molecule has 0 spiro atoms. The summed E-state index contributed by atoms with van der Waals surface area (Å²) in [5.74, 6) is 0. The van der Waals surface area contributed by atoms with Crippen LogP contribution in [0.3, 0.4) is 0 Å². The summed E-state index contributed by atoms with van der Waals surface area (Å²) >= 11 is 0. The molecule has 1 heterocycles. The van der Waals surface area contributed by atoms with E-state index in [1.807, 2.05) is 11.7 Å². The highest BCUT2D eigenvalue weighted by molar-refractivity contribution is 5.65. The van der Waals surface area contributed by atoms with Crippen molar-refractivity contribution in [3.63, 3.8) is 0 Å². The molecule has 16 heavy (non-hydrogen) atoms. The van der Waals surface area contributed by atoms with Gasteiger partial charge < -0.3 is 5.73 Å². The van der Waals surface area contributed by atoms with Gasteiger partial charge in [-0.3, -0.25) is 4.68 Å². The number of hydrogen-bond acceptors (Lipinski definition) is 2. The molecule has 84 valence electrons. The van der Waals surface area contributed by atoms with Gasteiger partial charge in [0.1, 0.15) is 0 Å². The molecule has 0 aliphatic heterocycles. The molecule has 1 aromatic carbocycles. The molecule has 0 aliphatic rings. The van der Waals surface area contributed by atoms with E-state index >= 15 is 0 Å². The van der Waals surface area contributed by atoms with Gasteiger partial charge in [-0.25, -0.2) is 0 Å². The molecule has 0 fully saturated rings. The Morgan fingerprint density at radius 3 is 2.56 bits per heavy atom. The lowest BCUT2D eigenvalue weighted by atomic mass is 10.0. The van der Waals surface area contributed by atoms with Gasteiger partial charge in [-0.05, 0) is 19.0 Å². The zero-order chi connectivity index (χ0) is 11.5. The van der Waals surface area contributed by atoms with E-state index < -0.39 is 0 Å². The molecule has 0 aliphatic carbocycles. The van der Waals surface area contributed by atoms with Crippen LogP contribution in [0, 0.1) is 6.92 Å². The summed E-state index contributed by atoms with van der Waals surface area (Å²) in [5.41, 5.74) is 10.3. The molecule has 1 aromatic heterocycles. The summed E-state index contributed by atoms with van der Waals surface area (Å²) in [5, 5.41) is 4.44. The summed E-state index contributed by atoms with van der Waals surface area (Å²) in [7, 11) is 1.94. The largest absolute Gasteiger partial charge is 0.330 e. The molecular weight excluding hydrogens is 198 g/mol. The molecule has 0 amide bonds. The zero-order valence-corrected chi connectivity index (χ0v) is 9.77. The van der Waals surface area contributed by atoms with Crippen molar-refractivity contribution in [2.75, 3.05) is 6.54 Å². The maximum atomic E-state index is 5.59. The van der Waals surface area contributed by atoms with Crippen LogP contribution in [0.2, 0.25) is 0 Å². The number of benzene rings is 1. The van der Waals surface area contributed by atoms with E-state index in [0.29, 0.717) is 6.54 Å². The average Bonchev–Trinajstić information content (AvgIpc) is 2.61. The number of nitrogens with two attached hydrogens (primary N) is 1. The van der Waals surface area contributed by atoms with Crippen LogP contribution in [0.4, 0.5) is 0 Å². The first kappa shape index (κ1) is 10.9. The first-order valence-corrected chi connectivity index (χ1v) is 5.50. The Morgan fingerprint density at radius 2 is 1.94 bits per heavy atom. The van der Waals surface area contributed by atoms with Crippen LogP contribution in [0.1, 0.15) is 11.3 Å². The van der Waals surface area contributed by atoms with Crippen LogP contribution in [0.5, 0.6) is 0 Å². The molecule has 3 nitrogen and oxygen atoms in total. The topological polar surface area (TPSA) is 43.8 Å². The standard InChI is InChI=1S/C13H17N3/c1-10-3-5-11(6-4-10)12-9-16(2)15-13(12)7-8-14/h3-6,9H,7-8,14H2,1-2H3. The minimum Gasteiger partial charge on any atom is -0.330 e. The highest BCUT2D eigenvalue weighted by Gasteiger charge is 2.08. The third kappa shape index (κ3) is 2.14. The Bertz CT molecular complexity index is 468. The summed E-state index contributed by atoms with van der Waals surface area (Å²) in [4.78, 5) is 0. The van der Waals surface area contributed by atoms with Crippen molar-refractivity contribution in [2.24, 2.45) is 12.8 Å². The molecule has 0 saturated heterocycles. The smallest absolute Gasteiger partial charge is 0.0715 e. The SMILES string of the molecule is Cc1ccc(-c2cn(C)nc2CCN)cc1. The first-order chi connectivity index (χ1) is 7.70. The Hall–Kier alpha value is -1.61. The van der Waals surface area contributed by atoms with Gasteiger partial charge in [-0.1, -0.05) is 29.8 Å². The fraction of sp³-hybridized carbons (Fsp3) is 0.308. The number of rotatable bonds is 3. The summed E-state index contributed by atoms with van der Waals surface area (Å²) in [6, 6.07) is 8.50. The van der Waals surface area contributed by atoms with E-state index in [9.17, 15) is 0 Å². The number of hydrogen-bond donors (Lipinski definition) is 1. The van der Waals surface area contributed by atoms with Gasteiger partial charge in [0, 0.05) is 25.2 Å². The van der Waals surface area contributed by atoms with Crippen molar-refractivity contribution in [1.82, 2.24) is 9.78 Å². The highest BCUT2D eigenvalue weighted by atomic mass is 15.2. The van der Waals surface area contributed by atoms with Gasteiger partial charge in [0.2, 0.25) is 0 Å². The number of nitrogens with zero attached hydrogens (tertiary/aromatic N) is 2. The second-order valence-electron chi connectivity index (χ2n) is 4.07. The fourth-order valence-electron chi connectivity index (χ4n) is 1.83. The number of aryl methyl sites for hydroxylation is 2. The second kappa shape index (κ2) is 4.49. The van der Waals surface area contributed by atoms with Gasteiger partial charge in [-0.2, -0.15) is 5.10 Å². The van der Waals surface area contributed by atoms with Crippen molar-refractivity contribution >= 4 is 0 Å². The summed E-state index contributed by atoms with van der Waals surface area (Å²) < 4.78 is 1.85. The van der Waals surface area contributed by atoms with Crippen LogP contribution in [0.15, 0.2) is 30.5 Å². The molecule has 2 rings (SSSR count). The molecule has 0 saturated carbocycles. The fourth-order valence-corrected chi connectivity index (χ4v) is 1.83. The van der Waals surface area contributed by atoms with E-state index in [1.54, 1.807) is 0 Å². The minimum absolute atomic E-state index is 0.635. The van der Waals surface area contributed by atoms with Gasteiger partial charge in [0.25, 0.3) is 0 Å². The third-order valence-corrected chi connectivity index (χ3v) is 2.65. The van der Waals surface area contributed by atoms with Gasteiger partial charge in [0.05, 0.1) is 5.69 Å². The Morgan fingerprint density at radius 1 is 1.25 bits per heavy atom. The molecule has 0 bridgehead atoms. The van der Waals surface area contributed by atoms with Crippen molar-refractivity contribution < 1.29 is 0 Å².